The minimum Gasteiger partial charge on any atom is -0.493 e. The number of nitrogens with one attached hydrogen (secondary N) is 1. The zero-order valence-corrected chi connectivity index (χ0v) is 15.5. The summed E-state index contributed by atoms with van der Waals surface area (Å²) < 4.78 is 16.7. The Bertz CT molecular complexity index is 918. The summed E-state index contributed by atoms with van der Waals surface area (Å²) in [6.45, 7) is 2.89. The lowest BCUT2D eigenvalue weighted by atomic mass is 10.0. The first-order chi connectivity index (χ1) is 12.7. The first-order valence-electron chi connectivity index (χ1n) is 8.83. The lowest BCUT2D eigenvalue weighted by Crippen LogP contribution is -2.29. The van der Waals surface area contributed by atoms with Crippen LogP contribution in [0.25, 0.3) is 10.9 Å². The van der Waals surface area contributed by atoms with Crippen molar-refractivity contribution in [1.29, 1.82) is 0 Å². The maximum Gasteiger partial charge on any atom is 0.205 e. The molecule has 0 fully saturated rings. The lowest BCUT2D eigenvalue weighted by Gasteiger charge is -2.27. The molecule has 1 N–H and O–H groups in total. The predicted molar refractivity (Wildman–Crippen MR) is 102 cm³/mol. The average Bonchev–Trinajstić information content (AvgIpc) is 3.04. The molecular weight excluding hydrogens is 328 g/mol. The Morgan fingerprint density at radius 1 is 1.00 bits per heavy atom. The fourth-order valence-corrected chi connectivity index (χ4v) is 3.85. The van der Waals surface area contributed by atoms with Crippen molar-refractivity contribution in [3.8, 4) is 17.2 Å². The van der Waals surface area contributed by atoms with Crippen LogP contribution in [0.2, 0.25) is 0 Å². The Kier molecular flexibility index (Phi) is 4.47. The smallest absolute Gasteiger partial charge is 0.205 e. The highest BCUT2D eigenvalue weighted by Gasteiger charge is 2.25. The fourth-order valence-electron chi connectivity index (χ4n) is 3.85. The topological polar surface area (TPSA) is 46.7 Å². The summed E-state index contributed by atoms with van der Waals surface area (Å²) >= 11 is 0. The molecule has 2 aromatic carbocycles. The Morgan fingerprint density at radius 3 is 2.46 bits per heavy atom. The second kappa shape index (κ2) is 6.92. The summed E-state index contributed by atoms with van der Waals surface area (Å²) in [7, 11) is 4.96. The van der Waals surface area contributed by atoms with Crippen molar-refractivity contribution < 1.29 is 14.2 Å². The van der Waals surface area contributed by atoms with E-state index in [1.807, 2.05) is 0 Å². The Labute approximate surface area is 153 Å². The summed E-state index contributed by atoms with van der Waals surface area (Å²) in [6.07, 6.45) is 0.991. The molecule has 3 aromatic rings. The molecule has 0 saturated carbocycles. The van der Waals surface area contributed by atoms with Crippen LogP contribution >= 0.6 is 0 Å². The van der Waals surface area contributed by atoms with E-state index in [-0.39, 0.29) is 0 Å². The van der Waals surface area contributed by atoms with E-state index in [0.717, 1.165) is 37.0 Å². The van der Waals surface area contributed by atoms with Gasteiger partial charge < -0.3 is 19.2 Å². The molecule has 0 radical (unpaired) electrons. The third kappa shape index (κ3) is 2.78. The van der Waals surface area contributed by atoms with Crippen molar-refractivity contribution in [2.75, 3.05) is 27.9 Å². The van der Waals surface area contributed by atoms with Gasteiger partial charge in [0, 0.05) is 37.1 Å². The summed E-state index contributed by atoms with van der Waals surface area (Å²) in [5.41, 5.74) is 4.92. The van der Waals surface area contributed by atoms with Crippen LogP contribution in [-0.2, 0) is 19.5 Å². The van der Waals surface area contributed by atoms with Crippen LogP contribution in [0.1, 0.15) is 16.8 Å². The van der Waals surface area contributed by atoms with E-state index in [0.29, 0.717) is 17.2 Å². The van der Waals surface area contributed by atoms with Crippen molar-refractivity contribution in [2.45, 2.75) is 19.5 Å². The van der Waals surface area contributed by atoms with E-state index in [9.17, 15) is 0 Å². The van der Waals surface area contributed by atoms with Crippen molar-refractivity contribution in [3.63, 3.8) is 0 Å². The SMILES string of the molecule is COc1cc2c3c([nH]c2c(OC)c1OC)CCN(Cc1ccccc1)C3. The highest BCUT2D eigenvalue weighted by atomic mass is 16.5. The monoisotopic (exact) mass is 352 g/mol. The molecule has 4 rings (SSSR count). The molecular formula is C21H24N2O3. The van der Waals surface area contributed by atoms with Crippen molar-refractivity contribution in [2.24, 2.45) is 0 Å². The molecule has 26 heavy (non-hydrogen) atoms. The van der Waals surface area contributed by atoms with E-state index in [2.05, 4.69) is 46.3 Å². The van der Waals surface area contributed by atoms with Gasteiger partial charge in [0.2, 0.25) is 5.75 Å². The normalized spacial score (nSPS) is 14.3. The maximum atomic E-state index is 5.64. The quantitative estimate of drug-likeness (QED) is 0.760. The van der Waals surface area contributed by atoms with Gasteiger partial charge in [0.05, 0.1) is 26.8 Å². The number of ether oxygens (including phenoxy) is 3. The minimum absolute atomic E-state index is 0.627. The first-order valence-corrected chi connectivity index (χ1v) is 8.83. The van der Waals surface area contributed by atoms with E-state index >= 15 is 0 Å². The molecule has 0 atom stereocenters. The van der Waals surface area contributed by atoms with Crippen LogP contribution in [0.15, 0.2) is 36.4 Å². The number of fused-ring (bicyclic) bond motifs is 3. The first kappa shape index (κ1) is 16.8. The van der Waals surface area contributed by atoms with Gasteiger partial charge in [-0.05, 0) is 17.2 Å². The second-order valence-electron chi connectivity index (χ2n) is 6.60. The Morgan fingerprint density at radius 2 is 1.77 bits per heavy atom. The fraction of sp³-hybridized carbons (Fsp3) is 0.333. The van der Waals surface area contributed by atoms with Gasteiger partial charge in [-0.15, -0.1) is 0 Å². The van der Waals surface area contributed by atoms with Crippen LogP contribution in [0.5, 0.6) is 17.2 Å². The molecule has 0 unspecified atom stereocenters. The highest BCUT2D eigenvalue weighted by Crippen LogP contribution is 2.45. The van der Waals surface area contributed by atoms with E-state index in [1.54, 1.807) is 21.3 Å². The number of aromatic nitrogens is 1. The molecule has 0 spiro atoms. The number of rotatable bonds is 5. The summed E-state index contributed by atoms with van der Waals surface area (Å²) in [5, 5.41) is 1.15. The zero-order valence-electron chi connectivity index (χ0n) is 15.5. The molecule has 0 bridgehead atoms. The molecule has 136 valence electrons. The molecule has 2 heterocycles. The number of benzene rings is 2. The van der Waals surface area contributed by atoms with Gasteiger partial charge in [-0.3, -0.25) is 4.90 Å². The van der Waals surface area contributed by atoms with Gasteiger partial charge in [0.25, 0.3) is 0 Å². The van der Waals surface area contributed by atoms with Crippen LogP contribution < -0.4 is 14.2 Å². The van der Waals surface area contributed by atoms with Gasteiger partial charge in [0.15, 0.2) is 11.5 Å². The maximum absolute atomic E-state index is 5.64. The standard InChI is InChI=1S/C21H24N2O3/c1-24-18-11-15-16-13-23(12-14-7-5-4-6-8-14)10-9-17(16)22-19(15)21(26-3)20(18)25-2/h4-8,11,22H,9-10,12-13H2,1-3H3. The third-order valence-electron chi connectivity index (χ3n) is 5.10. The van der Waals surface area contributed by atoms with Crippen LogP contribution in [0, 0.1) is 0 Å². The Balaban J connectivity index is 1.74. The van der Waals surface area contributed by atoms with Gasteiger partial charge in [-0.1, -0.05) is 30.3 Å². The van der Waals surface area contributed by atoms with Crippen LogP contribution in [0.3, 0.4) is 0 Å². The van der Waals surface area contributed by atoms with Crippen molar-refractivity contribution in [3.05, 3.63) is 53.2 Å². The van der Waals surface area contributed by atoms with E-state index in [1.165, 1.54) is 16.8 Å². The zero-order chi connectivity index (χ0) is 18.1. The number of H-pyrrole nitrogens is 1. The number of hydrogen-bond donors (Lipinski definition) is 1. The number of hydrogen-bond acceptors (Lipinski definition) is 4. The Hall–Kier alpha value is -2.66. The molecule has 5 heteroatoms. The lowest BCUT2D eigenvalue weighted by molar-refractivity contribution is 0.245. The predicted octanol–water partition coefficient (Wildman–Crippen LogP) is 3.75. The molecule has 0 aliphatic carbocycles. The summed E-state index contributed by atoms with van der Waals surface area (Å²) in [5.74, 6) is 2.02. The number of aromatic amines is 1. The van der Waals surface area contributed by atoms with Gasteiger partial charge in [0.1, 0.15) is 0 Å². The highest BCUT2D eigenvalue weighted by molar-refractivity contribution is 5.94. The summed E-state index contributed by atoms with van der Waals surface area (Å²) in [6, 6.07) is 12.7. The largest absolute Gasteiger partial charge is 0.493 e. The van der Waals surface area contributed by atoms with E-state index in [4.69, 9.17) is 14.2 Å². The molecule has 0 amide bonds. The number of methoxy groups -OCH3 is 3. The third-order valence-corrected chi connectivity index (χ3v) is 5.10. The second-order valence-corrected chi connectivity index (χ2v) is 6.60. The molecule has 1 aromatic heterocycles. The van der Waals surface area contributed by atoms with Gasteiger partial charge in [-0.25, -0.2) is 0 Å². The van der Waals surface area contributed by atoms with Gasteiger partial charge in [-0.2, -0.15) is 0 Å². The molecule has 0 saturated heterocycles. The van der Waals surface area contributed by atoms with Crippen molar-refractivity contribution in [1.82, 2.24) is 9.88 Å². The van der Waals surface area contributed by atoms with Crippen molar-refractivity contribution >= 4 is 10.9 Å². The molecule has 1 aliphatic heterocycles. The van der Waals surface area contributed by atoms with Gasteiger partial charge >= 0.3 is 0 Å². The average molecular weight is 352 g/mol. The minimum atomic E-state index is 0.627. The van der Waals surface area contributed by atoms with Crippen LogP contribution in [-0.4, -0.2) is 37.8 Å². The molecule has 1 aliphatic rings. The van der Waals surface area contributed by atoms with E-state index < -0.39 is 0 Å². The summed E-state index contributed by atoms with van der Waals surface area (Å²) in [4.78, 5) is 6.04. The number of nitrogens with zero attached hydrogens (tertiary/aromatic N) is 1. The van der Waals surface area contributed by atoms with Crippen LogP contribution in [0.4, 0.5) is 0 Å². The molecule has 5 nitrogen and oxygen atoms in total.